The number of aromatic nitrogens is 2. The fourth-order valence-electron chi connectivity index (χ4n) is 3.67. The number of rotatable bonds is 8. The van der Waals surface area contributed by atoms with Gasteiger partial charge in [-0.25, -0.2) is 9.67 Å². The van der Waals surface area contributed by atoms with Gasteiger partial charge in [-0.15, -0.1) is 0 Å². The summed E-state index contributed by atoms with van der Waals surface area (Å²) in [6.07, 6.45) is 1.66. The molecule has 0 atom stereocenters. The van der Waals surface area contributed by atoms with Gasteiger partial charge < -0.3 is 9.47 Å². The van der Waals surface area contributed by atoms with Crippen molar-refractivity contribution >= 4 is 39.4 Å². The zero-order valence-corrected chi connectivity index (χ0v) is 22.0. The number of ether oxygens (including phenoxy) is 2. The molecule has 0 aliphatic rings. The molecule has 0 amide bonds. The minimum absolute atomic E-state index is 0.184. The number of para-hydroxylation sites is 1. The van der Waals surface area contributed by atoms with Crippen LogP contribution in [0.1, 0.15) is 23.7 Å². The molecule has 35 heavy (non-hydrogen) atoms. The van der Waals surface area contributed by atoms with Crippen molar-refractivity contribution in [3.05, 3.63) is 103 Å². The van der Waals surface area contributed by atoms with Crippen LogP contribution in [0.25, 0.3) is 5.69 Å². The molecule has 0 unspecified atom stereocenters. The Morgan fingerprint density at radius 2 is 1.77 bits per heavy atom. The van der Waals surface area contributed by atoms with E-state index >= 15 is 0 Å². The first-order valence-corrected chi connectivity index (χ1v) is 12.3. The van der Waals surface area contributed by atoms with Crippen LogP contribution in [0.5, 0.6) is 11.5 Å². The van der Waals surface area contributed by atoms with Gasteiger partial charge in [0, 0.05) is 23.8 Å². The first-order chi connectivity index (χ1) is 16.9. The summed E-state index contributed by atoms with van der Waals surface area (Å²) in [5.41, 5.74) is 3.38. The van der Waals surface area contributed by atoms with E-state index in [0.29, 0.717) is 39.9 Å². The molecule has 0 saturated heterocycles. The van der Waals surface area contributed by atoms with E-state index in [2.05, 4.69) is 20.9 Å². The average molecular weight is 555 g/mol. The molecule has 1 heterocycles. The van der Waals surface area contributed by atoms with E-state index in [1.165, 1.54) is 0 Å². The number of benzene rings is 3. The highest BCUT2D eigenvalue weighted by Crippen LogP contribution is 2.37. The number of nitrogens with zero attached hydrogens (tertiary/aromatic N) is 3. The lowest BCUT2D eigenvalue weighted by Gasteiger charge is -2.15. The molecule has 180 valence electrons. The summed E-state index contributed by atoms with van der Waals surface area (Å²) in [4.78, 5) is 17.7. The van der Waals surface area contributed by atoms with Gasteiger partial charge in [0.1, 0.15) is 6.61 Å². The molecule has 0 radical (unpaired) electrons. The molecule has 0 spiro atoms. The minimum Gasteiger partial charge on any atom is -0.490 e. The standard InChI is InChI=1S/C27H25BrClN3O3/c1-4-34-24-15-19(14-22(28)26(24)35-17-20-10-8-9-13-23(20)29)16-30-25-18(2)31(3)32(27(25)33)21-11-6-5-7-12-21/h5-16H,4,17H2,1-3H3. The molecular weight excluding hydrogens is 530 g/mol. The lowest BCUT2D eigenvalue weighted by molar-refractivity contribution is 0.267. The van der Waals surface area contributed by atoms with Gasteiger partial charge in [0.25, 0.3) is 5.56 Å². The summed E-state index contributed by atoms with van der Waals surface area (Å²) in [6, 6.07) is 20.8. The molecule has 0 saturated carbocycles. The van der Waals surface area contributed by atoms with E-state index in [1.807, 2.05) is 87.6 Å². The van der Waals surface area contributed by atoms with Crippen LogP contribution in [0.2, 0.25) is 5.02 Å². The highest BCUT2D eigenvalue weighted by Gasteiger charge is 2.16. The summed E-state index contributed by atoms with van der Waals surface area (Å²) in [5.74, 6) is 1.15. The minimum atomic E-state index is -0.184. The molecule has 4 aromatic rings. The Morgan fingerprint density at radius 3 is 2.49 bits per heavy atom. The number of halogens is 2. The van der Waals surface area contributed by atoms with Gasteiger partial charge in [0.2, 0.25) is 0 Å². The predicted molar refractivity (Wildman–Crippen MR) is 144 cm³/mol. The second-order valence-corrected chi connectivity index (χ2v) is 9.07. The first kappa shape index (κ1) is 24.8. The molecular formula is C27H25BrClN3O3. The second-order valence-electron chi connectivity index (χ2n) is 7.81. The molecule has 0 bridgehead atoms. The number of aliphatic imine (C=N–C) groups is 1. The van der Waals surface area contributed by atoms with Gasteiger partial charge in [-0.2, -0.15) is 0 Å². The largest absolute Gasteiger partial charge is 0.490 e. The summed E-state index contributed by atoms with van der Waals surface area (Å²) >= 11 is 9.86. The summed E-state index contributed by atoms with van der Waals surface area (Å²) in [7, 11) is 1.84. The fraction of sp³-hybridized carbons (Fsp3) is 0.185. The lowest BCUT2D eigenvalue weighted by Crippen LogP contribution is -2.19. The number of hydrogen-bond acceptors (Lipinski definition) is 4. The summed E-state index contributed by atoms with van der Waals surface area (Å²) in [5, 5.41) is 0.643. The topological polar surface area (TPSA) is 57.8 Å². The van der Waals surface area contributed by atoms with Crippen molar-refractivity contribution in [2.75, 3.05) is 6.61 Å². The highest BCUT2D eigenvalue weighted by molar-refractivity contribution is 9.10. The maximum absolute atomic E-state index is 13.1. The Balaban J connectivity index is 1.64. The van der Waals surface area contributed by atoms with Crippen LogP contribution in [0.15, 0.2) is 81.0 Å². The van der Waals surface area contributed by atoms with E-state index < -0.39 is 0 Å². The van der Waals surface area contributed by atoms with Gasteiger partial charge in [-0.05, 0) is 65.7 Å². The third-order valence-corrected chi connectivity index (χ3v) is 6.49. The number of hydrogen-bond donors (Lipinski definition) is 0. The smallest absolute Gasteiger partial charge is 0.297 e. The van der Waals surface area contributed by atoms with E-state index in [-0.39, 0.29) is 5.56 Å². The van der Waals surface area contributed by atoms with E-state index in [9.17, 15) is 4.79 Å². The highest BCUT2D eigenvalue weighted by atomic mass is 79.9. The zero-order valence-electron chi connectivity index (χ0n) is 19.7. The maximum atomic E-state index is 13.1. The van der Waals surface area contributed by atoms with Crippen molar-refractivity contribution in [2.24, 2.45) is 12.0 Å². The monoisotopic (exact) mass is 553 g/mol. The van der Waals surface area contributed by atoms with Crippen LogP contribution in [-0.2, 0) is 13.7 Å². The molecule has 6 nitrogen and oxygen atoms in total. The van der Waals surface area contributed by atoms with Crippen molar-refractivity contribution in [3.63, 3.8) is 0 Å². The third kappa shape index (κ3) is 5.36. The molecule has 0 N–H and O–H groups in total. The maximum Gasteiger partial charge on any atom is 0.297 e. The first-order valence-electron chi connectivity index (χ1n) is 11.1. The van der Waals surface area contributed by atoms with Crippen LogP contribution < -0.4 is 15.0 Å². The van der Waals surface area contributed by atoms with Crippen molar-refractivity contribution in [3.8, 4) is 17.2 Å². The fourth-order valence-corrected chi connectivity index (χ4v) is 4.44. The van der Waals surface area contributed by atoms with E-state index in [4.69, 9.17) is 21.1 Å². The summed E-state index contributed by atoms with van der Waals surface area (Å²) in [6.45, 7) is 4.55. The van der Waals surface area contributed by atoms with Gasteiger partial charge in [-0.1, -0.05) is 48.0 Å². The quantitative estimate of drug-likeness (QED) is 0.230. The molecule has 4 rings (SSSR count). The zero-order chi connectivity index (χ0) is 24.9. The molecule has 3 aromatic carbocycles. The Hall–Kier alpha value is -3.29. The Kier molecular flexibility index (Phi) is 7.78. The predicted octanol–water partition coefficient (Wildman–Crippen LogP) is 6.63. The SMILES string of the molecule is CCOc1cc(C=Nc2c(C)n(C)n(-c3ccccc3)c2=O)cc(Br)c1OCc1ccccc1Cl. The molecule has 0 aliphatic carbocycles. The summed E-state index contributed by atoms with van der Waals surface area (Å²) < 4.78 is 16.0. The van der Waals surface area contributed by atoms with Gasteiger partial charge in [-0.3, -0.25) is 9.48 Å². The Bertz CT molecular complexity index is 1430. The van der Waals surface area contributed by atoms with Crippen LogP contribution in [0, 0.1) is 6.92 Å². The van der Waals surface area contributed by atoms with Crippen LogP contribution >= 0.6 is 27.5 Å². The lowest BCUT2D eigenvalue weighted by atomic mass is 10.2. The van der Waals surface area contributed by atoms with Crippen molar-refractivity contribution < 1.29 is 9.47 Å². The van der Waals surface area contributed by atoms with Crippen molar-refractivity contribution in [1.82, 2.24) is 9.36 Å². The molecule has 0 aliphatic heterocycles. The van der Waals surface area contributed by atoms with Crippen LogP contribution in [0.4, 0.5) is 5.69 Å². The van der Waals surface area contributed by atoms with Gasteiger partial charge in [0.15, 0.2) is 17.2 Å². The molecule has 1 aromatic heterocycles. The normalized spacial score (nSPS) is 11.2. The van der Waals surface area contributed by atoms with Crippen LogP contribution in [-0.4, -0.2) is 22.2 Å². The third-order valence-electron chi connectivity index (χ3n) is 5.53. The Morgan fingerprint density at radius 1 is 1.06 bits per heavy atom. The van der Waals surface area contributed by atoms with E-state index in [1.54, 1.807) is 15.6 Å². The molecule has 8 heteroatoms. The van der Waals surface area contributed by atoms with Crippen molar-refractivity contribution in [2.45, 2.75) is 20.5 Å². The average Bonchev–Trinajstić information content (AvgIpc) is 3.06. The van der Waals surface area contributed by atoms with Crippen molar-refractivity contribution in [1.29, 1.82) is 0 Å². The Labute approximate surface area is 217 Å². The van der Waals surface area contributed by atoms with Crippen LogP contribution in [0.3, 0.4) is 0 Å². The molecule has 0 fully saturated rings. The van der Waals surface area contributed by atoms with Gasteiger partial charge in [0.05, 0.1) is 22.5 Å². The van der Waals surface area contributed by atoms with Gasteiger partial charge >= 0.3 is 0 Å². The van der Waals surface area contributed by atoms with E-state index in [0.717, 1.165) is 22.5 Å². The second kappa shape index (κ2) is 11.0.